The predicted octanol–water partition coefficient (Wildman–Crippen LogP) is 5.41. The zero-order valence-corrected chi connectivity index (χ0v) is 18.7. The van der Waals surface area contributed by atoms with Gasteiger partial charge >= 0.3 is 12.1 Å². The second kappa shape index (κ2) is 9.64. The van der Waals surface area contributed by atoms with Crippen LogP contribution in [0.1, 0.15) is 10.4 Å². The highest BCUT2D eigenvalue weighted by atomic mass is 16.6. The third-order valence-corrected chi connectivity index (χ3v) is 5.65. The van der Waals surface area contributed by atoms with Gasteiger partial charge in [0.25, 0.3) is 0 Å². The minimum Gasteiger partial charge on any atom is -0.478 e. The van der Waals surface area contributed by atoms with E-state index in [0.29, 0.717) is 30.2 Å². The number of hydrogen-bond donors (Lipinski definition) is 2. The molecule has 176 valence electrons. The van der Waals surface area contributed by atoms with Gasteiger partial charge < -0.3 is 24.0 Å². The molecule has 1 aromatic heterocycles. The molecule has 1 amide bonds. The van der Waals surface area contributed by atoms with E-state index in [0.717, 1.165) is 11.4 Å². The second-order valence-corrected chi connectivity index (χ2v) is 8.07. The standard InChI is InChI=1S/C27H23N3O5/c31-26(32)23-9-6-10-24(25(23)29-15-4-5-16-29)30-17-22(18-30)35-27(33)28-19-11-13-21(14-12-19)34-20-7-2-1-3-8-20/h1-16,22H,17-18H2,(H,28,33)(H,31,32). The molecule has 8 nitrogen and oxygen atoms in total. The van der Waals surface area contributed by atoms with Crippen molar-refractivity contribution in [1.82, 2.24) is 4.57 Å². The molecule has 1 saturated heterocycles. The maximum Gasteiger partial charge on any atom is 0.412 e. The Labute approximate surface area is 201 Å². The summed E-state index contributed by atoms with van der Waals surface area (Å²) in [6.07, 6.45) is 2.77. The van der Waals surface area contributed by atoms with Crippen molar-refractivity contribution in [3.63, 3.8) is 0 Å². The zero-order chi connectivity index (χ0) is 24.2. The number of anilines is 2. The van der Waals surface area contributed by atoms with E-state index in [9.17, 15) is 14.7 Å². The first-order valence-corrected chi connectivity index (χ1v) is 11.1. The Kier molecular flexibility index (Phi) is 6.09. The molecular formula is C27H23N3O5. The van der Waals surface area contributed by atoms with Crippen molar-refractivity contribution in [2.24, 2.45) is 0 Å². The van der Waals surface area contributed by atoms with Crippen molar-refractivity contribution in [2.75, 3.05) is 23.3 Å². The lowest BCUT2D eigenvalue weighted by molar-refractivity contribution is 0.0697. The Bertz CT molecular complexity index is 1310. The van der Waals surface area contributed by atoms with Gasteiger partial charge in [0.1, 0.15) is 17.6 Å². The van der Waals surface area contributed by atoms with Crippen LogP contribution in [-0.2, 0) is 4.74 Å². The summed E-state index contributed by atoms with van der Waals surface area (Å²) in [5.41, 5.74) is 2.16. The number of carboxylic acid groups (broad SMARTS) is 1. The fourth-order valence-corrected chi connectivity index (χ4v) is 3.95. The van der Waals surface area contributed by atoms with Crippen LogP contribution in [0.2, 0.25) is 0 Å². The Balaban J connectivity index is 1.18. The van der Waals surface area contributed by atoms with Gasteiger partial charge in [0, 0.05) is 18.1 Å². The molecule has 2 N–H and O–H groups in total. The normalized spacial score (nSPS) is 13.1. The molecule has 1 fully saturated rings. The van der Waals surface area contributed by atoms with Crippen LogP contribution in [0.4, 0.5) is 16.2 Å². The number of carboxylic acids is 1. The number of hydrogen-bond acceptors (Lipinski definition) is 5. The summed E-state index contributed by atoms with van der Waals surface area (Å²) < 4.78 is 13.1. The molecule has 1 aliphatic heterocycles. The van der Waals surface area contributed by atoms with Crippen LogP contribution in [0.3, 0.4) is 0 Å². The summed E-state index contributed by atoms with van der Waals surface area (Å²) in [6.45, 7) is 0.934. The Morgan fingerprint density at radius 2 is 1.51 bits per heavy atom. The van der Waals surface area contributed by atoms with E-state index in [1.165, 1.54) is 0 Å². The van der Waals surface area contributed by atoms with Gasteiger partial charge in [-0.1, -0.05) is 24.3 Å². The monoisotopic (exact) mass is 469 g/mol. The molecule has 0 bridgehead atoms. The highest BCUT2D eigenvalue weighted by molar-refractivity contribution is 5.95. The van der Waals surface area contributed by atoms with E-state index in [-0.39, 0.29) is 11.7 Å². The third kappa shape index (κ3) is 4.96. The summed E-state index contributed by atoms with van der Waals surface area (Å²) >= 11 is 0. The summed E-state index contributed by atoms with van der Waals surface area (Å²) in [4.78, 5) is 26.1. The molecule has 0 spiro atoms. The number of nitrogens with zero attached hydrogens (tertiary/aromatic N) is 2. The number of carbonyl (C=O) groups is 2. The topological polar surface area (TPSA) is 93.0 Å². The van der Waals surface area contributed by atoms with Gasteiger partial charge in [0.15, 0.2) is 0 Å². The lowest BCUT2D eigenvalue weighted by Crippen LogP contribution is -2.53. The van der Waals surface area contributed by atoms with E-state index >= 15 is 0 Å². The number of amides is 1. The Hall–Kier alpha value is -4.72. The zero-order valence-electron chi connectivity index (χ0n) is 18.7. The first-order chi connectivity index (χ1) is 17.1. The van der Waals surface area contributed by atoms with Crippen LogP contribution in [0.5, 0.6) is 11.5 Å². The Morgan fingerprint density at radius 3 is 2.20 bits per heavy atom. The number of rotatable bonds is 7. The average molecular weight is 469 g/mol. The van der Waals surface area contributed by atoms with Crippen LogP contribution in [0.25, 0.3) is 5.69 Å². The maximum atomic E-state index is 12.4. The van der Waals surface area contributed by atoms with E-state index in [1.807, 2.05) is 65.8 Å². The molecule has 2 heterocycles. The van der Waals surface area contributed by atoms with Crippen molar-refractivity contribution >= 4 is 23.4 Å². The molecule has 35 heavy (non-hydrogen) atoms. The lowest BCUT2D eigenvalue weighted by atomic mass is 10.1. The molecule has 0 saturated carbocycles. The summed E-state index contributed by atoms with van der Waals surface area (Å²) in [5.74, 6) is 0.395. The van der Waals surface area contributed by atoms with Crippen molar-refractivity contribution < 1.29 is 24.2 Å². The quantitative estimate of drug-likeness (QED) is 0.376. The number of ether oxygens (including phenoxy) is 2. The van der Waals surface area contributed by atoms with Crippen LogP contribution in [0, 0.1) is 0 Å². The smallest absolute Gasteiger partial charge is 0.412 e. The molecule has 0 atom stereocenters. The van der Waals surface area contributed by atoms with Gasteiger partial charge in [-0.15, -0.1) is 0 Å². The van der Waals surface area contributed by atoms with Crippen molar-refractivity contribution in [1.29, 1.82) is 0 Å². The van der Waals surface area contributed by atoms with Crippen LogP contribution >= 0.6 is 0 Å². The molecular weight excluding hydrogens is 446 g/mol. The molecule has 3 aromatic carbocycles. The van der Waals surface area contributed by atoms with E-state index < -0.39 is 12.1 Å². The van der Waals surface area contributed by atoms with E-state index in [4.69, 9.17) is 9.47 Å². The van der Waals surface area contributed by atoms with Gasteiger partial charge in [0.2, 0.25) is 0 Å². The molecule has 5 rings (SSSR count). The first kappa shape index (κ1) is 22.1. The fourth-order valence-electron chi connectivity index (χ4n) is 3.95. The largest absolute Gasteiger partial charge is 0.478 e. The van der Waals surface area contributed by atoms with Crippen LogP contribution in [0.15, 0.2) is 97.3 Å². The predicted molar refractivity (Wildman–Crippen MR) is 132 cm³/mol. The second-order valence-electron chi connectivity index (χ2n) is 8.07. The van der Waals surface area contributed by atoms with Gasteiger partial charge in [-0.05, 0) is 60.7 Å². The average Bonchev–Trinajstić information content (AvgIpc) is 3.37. The molecule has 0 unspecified atom stereocenters. The molecule has 4 aromatic rings. The van der Waals surface area contributed by atoms with Gasteiger partial charge in [0.05, 0.1) is 30.0 Å². The summed E-state index contributed by atoms with van der Waals surface area (Å²) in [7, 11) is 0. The first-order valence-electron chi connectivity index (χ1n) is 11.1. The molecule has 8 heteroatoms. The molecule has 0 aliphatic carbocycles. The summed E-state index contributed by atoms with van der Waals surface area (Å²) in [5, 5.41) is 12.4. The molecule has 0 radical (unpaired) electrons. The van der Waals surface area contributed by atoms with Crippen molar-refractivity contribution in [3.8, 4) is 17.2 Å². The molecule has 1 aliphatic rings. The highest BCUT2D eigenvalue weighted by Crippen LogP contribution is 2.32. The highest BCUT2D eigenvalue weighted by Gasteiger charge is 2.33. The van der Waals surface area contributed by atoms with Gasteiger partial charge in [-0.3, -0.25) is 5.32 Å². The number of aromatic nitrogens is 1. The maximum absolute atomic E-state index is 12.4. The van der Waals surface area contributed by atoms with Gasteiger partial charge in [-0.2, -0.15) is 0 Å². The number of para-hydroxylation sites is 2. The SMILES string of the molecule is O=C(Nc1ccc(Oc2ccccc2)cc1)OC1CN(c2cccc(C(=O)O)c2-n2cccc2)C1. The lowest BCUT2D eigenvalue weighted by Gasteiger charge is -2.41. The van der Waals surface area contributed by atoms with E-state index in [1.54, 1.807) is 41.0 Å². The number of nitrogens with one attached hydrogen (secondary N) is 1. The Morgan fingerprint density at radius 1 is 0.829 bits per heavy atom. The van der Waals surface area contributed by atoms with Crippen molar-refractivity contribution in [3.05, 3.63) is 103 Å². The van der Waals surface area contributed by atoms with E-state index in [2.05, 4.69) is 5.32 Å². The number of aromatic carboxylic acids is 1. The third-order valence-electron chi connectivity index (χ3n) is 5.65. The van der Waals surface area contributed by atoms with Gasteiger partial charge in [-0.25, -0.2) is 9.59 Å². The van der Waals surface area contributed by atoms with Crippen molar-refractivity contribution in [2.45, 2.75) is 6.10 Å². The van der Waals surface area contributed by atoms with Crippen LogP contribution in [-0.4, -0.2) is 40.9 Å². The number of carbonyl (C=O) groups excluding carboxylic acids is 1. The minimum absolute atomic E-state index is 0.209. The summed E-state index contributed by atoms with van der Waals surface area (Å²) in [6, 6.07) is 25.3. The minimum atomic E-state index is -0.997. The van der Waals surface area contributed by atoms with Crippen LogP contribution < -0.4 is 15.0 Å². The fraction of sp³-hybridized carbons (Fsp3) is 0.111. The number of benzene rings is 3.